The Morgan fingerprint density at radius 3 is 2.81 bits per heavy atom. The van der Waals surface area contributed by atoms with Crippen LogP contribution in [0.2, 0.25) is 0 Å². The summed E-state index contributed by atoms with van der Waals surface area (Å²) in [6.45, 7) is 1.63. The first-order valence-corrected chi connectivity index (χ1v) is 6.48. The van der Waals surface area contributed by atoms with Crippen LogP contribution in [0, 0.1) is 18.6 Å². The number of halogens is 2. The van der Waals surface area contributed by atoms with E-state index in [1.165, 1.54) is 12.1 Å². The Labute approximate surface area is 98.4 Å². The lowest BCUT2D eigenvalue weighted by atomic mass is 9.98. The number of thioether (sulfide) groups is 1. The van der Waals surface area contributed by atoms with Gasteiger partial charge in [0.05, 0.1) is 0 Å². The minimum absolute atomic E-state index is 0.0550. The van der Waals surface area contributed by atoms with Gasteiger partial charge < -0.3 is 5.73 Å². The third-order valence-electron chi connectivity index (χ3n) is 3.02. The van der Waals surface area contributed by atoms with Crippen LogP contribution in [0.3, 0.4) is 0 Å². The Morgan fingerprint density at radius 2 is 2.19 bits per heavy atom. The Bertz CT molecular complexity index is 389. The van der Waals surface area contributed by atoms with E-state index in [1.54, 1.807) is 18.7 Å². The topological polar surface area (TPSA) is 26.0 Å². The van der Waals surface area contributed by atoms with Gasteiger partial charge in [0.25, 0.3) is 0 Å². The lowest BCUT2D eigenvalue weighted by Gasteiger charge is -2.20. The smallest absolute Gasteiger partial charge is 0.133 e. The van der Waals surface area contributed by atoms with Crippen LogP contribution in [0.1, 0.15) is 30.0 Å². The molecule has 0 bridgehead atoms. The molecule has 0 aliphatic carbocycles. The molecule has 0 aromatic heterocycles. The van der Waals surface area contributed by atoms with Gasteiger partial charge in [-0.25, -0.2) is 8.78 Å². The number of nitrogens with two attached hydrogens (primary N) is 1. The standard InChI is InChI=1S/C12H15F2NS/c1-7-4-5-8(13)10(11(7)14)12(15)9-3-2-6-16-9/h4-5,9,12H,2-3,6,15H2,1H3. The Balaban J connectivity index is 2.34. The van der Waals surface area contributed by atoms with Crippen molar-refractivity contribution in [2.75, 3.05) is 5.75 Å². The lowest BCUT2D eigenvalue weighted by Crippen LogP contribution is -2.24. The predicted molar refractivity (Wildman–Crippen MR) is 63.5 cm³/mol. The minimum Gasteiger partial charge on any atom is -0.323 e. The van der Waals surface area contributed by atoms with E-state index in [0.717, 1.165) is 18.6 Å². The predicted octanol–water partition coefficient (Wildman–Crippen LogP) is 3.17. The fraction of sp³-hybridized carbons (Fsp3) is 0.500. The molecule has 1 aliphatic rings. The molecule has 1 heterocycles. The molecule has 2 N–H and O–H groups in total. The van der Waals surface area contributed by atoms with Gasteiger partial charge in [-0.3, -0.25) is 0 Å². The maximum atomic E-state index is 13.8. The third-order valence-corrected chi connectivity index (χ3v) is 4.50. The highest BCUT2D eigenvalue weighted by Crippen LogP contribution is 2.36. The van der Waals surface area contributed by atoms with Crippen molar-refractivity contribution in [3.8, 4) is 0 Å². The van der Waals surface area contributed by atoms with Gasteiger partial charge in [0, 0.05) is 16.9 Å². The molecule has 1 aromatic rings. The zero-order valence-electron chi connectivity index (χ0n) is 9.17. The van der Waals surface area contributed by atoms with Crippen LogP contribution in [-0.2, 0) is 0 Å². The van der Waals surface area contributed by atoms with Gasteiger partial charge in [0.2, 0.25) is 0 Å². The first-order chi connectivity index (χ1) is 7.61. The average Bonchev–Trinajstić information content (AvgIpc) is 2.77. The molecule has 88 valence electrons. The summed E-state index contributed by atoms with van der Waals surface area (Å²) < 4.78 is 27.4. The molecule has 1 aliphatic heterocycles. The normalized spacial score (nSPS) is 22.4. The van der Waals surface area contributed by atoms with Gasteiger partial charge in [-0.05, 0) is 37.1 Å². The molecule has 0 radical (unpaired) electrons. The van der Waals surface area contributed by atoms with Crippen LogP contribution in [0.4, 0.5) is 8.78 Å². The van der Waals surface area contributed by atoms with E-state index in [-0.39, 0.29) is 10.8 Å². The maximum Gasteiger partial charge on any atom is 0.133 e. The van der Waals surface area contributed by atoms with Gasteiger partial charge in [0.15, 0.2) is 0 Å². The van der Waals surface area contributed by atoms with Crippen LogP contribution < -0.4 is 5.73 Å². The summed E-state index contributed by atoms with van der Waals surface area (Å²) in [4.78, 5) is 0. The van der Waals surface area contributed by atoms with Crippen molar-refractivity contribution in [2.24, 2.45) is 5.73 Å². The number of aryl methyl sites for hydroxylation is 1. The van der Waals surface area contributed by atoms with Crippen LogP contribution in [0.5, 0.6) is 0 Å². The highest BCUT2D eigenvalue weighted by molar-refractivity contribution is 8.00. The van der Waals surface area contributed by atoms with E-state index >= 15 is 0 Å². The van der Waals surface area contributed by atoms with Crippen LogP contribution in [0.15, 0.2) is 12.1 Å². The van der Waals surface area contributed by atoms with E-state index in [4.69, 9.17) is 5.73 Å². The first-order valence-electron chi connectivity index (χ1n) is 5.43. The molecule has 1 saturated heterocycles. The van der Waals surface area contributed by atoms with Crippen molar-refractivity contribution in [1.82, 2.24) is 0 Å². The fourth-order valence-electron chi connectivity index (χ4n) is 2.06. The molecule has 0 amide bonds. The summed E-state index contributed by atoms with van der Waals surface area (Å²) in [6, 6.07) is 2.21. The van der Waals surface area contributed by atoms with Crippen molar-refractivity contribution >= 4 is 11.8 Å². The zero-order chi connectivity index (χ0) is 11.7. The number of hydrogen-bond donors (Lipinski definition) is 1. The molecule has 0 spiro atoms. The number of rotatable bonds is 2. The fourth-order valence-corrected chi connectivity index (χ4v) is 3.37. The Morgan fingerprint density at radius 1 is 1.44 bits per heavy atom. The zero-order valence-corrected chi connectivity index (χ0v) is 9.99. The molecular weight excluding hydrogens is 228 g/mol. The van der Waals surface area contributed by atoms with Crippen molar-refractivity contribution < 1.29 is 8.78 Å². The summed E-state index contributed by atoms with van der Waals surface area (Å²) in [6.07, 6.45) is 2.02. The summed E-state index contributed by atoms with van der Waals surface area (Å²) >= 11 is 1.71. The van der Waals surface area contributed by atoms with E-state index in [0.29, 0.717) is 5.56 Å². The SMILES string of the molecule is Cc1ccc(F)c(C(N)C2CCCS2)c1F. The quantitative estimate of drug-likeness (QED) is 0.863. The van der Waals surface area contributed by atoms with Gasteiger partial charge in [-0.1, -0.05) is 6.07 Å². The lowest BCUT2D eigenvalue weighted by molar-refractivity contribution is 0.510. The first kappa shape index (κ1) is 11.9. The van der Waals surface area contributed by atoms with Crippen molar-refractivity contribution in [2.45, 2.75) is 31.1 Å². The van der Waals surface area contributed by atoms with Gasteiger partial charge >= 0.3 is 0 Å². The van der Waals surface area contributed by atoms with Crippen LogP contribution in [-0.4, -0.2) is 11.0 Å². The Hall–Kier alpha value is -0.610. The second kappa shape index (κ2) is 4.72. The summed E-state index contributed by atoms with van der Waals surface area (Å²) in [5.74, 6) is 0.0241. The second-order valence-corrected chi connectivity index (χ2v) is 5.52. The van der Waals surface area contributed by atoms with Crippen LogP contribution in [0.25, 0.3) is 0 Å². The maximum absolute atomic E-state index is 13.8. The summed E-state index contributed by atoms with van der Waals surface area (Å²) in [5, 5.41) is 0.144. The van der Waals surface area contributed by atoms with Crippen LogP contribution >= 0.6 is 11.8 Å². The largest absolute Gasteiger partial charge is 0.323 e. The molecule has 1 aromatic carbocycles. The molecule has 2 rings (SSSR count). The van der Waals surface area contributed by atoms with E-state index in [2.05, 4.69) is 0 Å². The summed E-state index contributed by atoms with van der Waals surface area (Å²) in [7, 11) is 0. The number of benzene rings is 1. The number of hydrogen-bond acceptors (Lipinski definition) is 2. The highest BCUT2D eigenvalue weighted by Gasteiger charge is 2.28. The van der Waals surface area contributed by atoms with E-state index < -0.39 is 17.7 Å². The van der Waals surface area contributed by atoms with Gasteiger partial charge in [-0.15, -0.1) is 0 Å². The van der Waals surface area contributed by atoms with Crippen molar-refractivity contribution in [3.05, 3.63) is 34.9 Å². The second-order valence-electron chi connectivity index (χ2n) is 4.17. The molecule has 4 heteroatoms. The molecular formula is C12H15F2NS. The minimum atomic E-state index is -0.535. The van der Waals surface area contributed by atoms with E-state index in [9.17, 15) is 8.78 Å². The molecule has 0 saturated carbocycles. The Kier molecular flexibility index (Phi) is 3.50. The molecule has 2 unspecified atom stereocenters. The molecule has 1 nitrogen and oxygen atoms in total. The van der Waals surface area contributed by atoms with Gasteiger partial charge in [0.1, 0.15) is 11.6 Å². The van der Waals surface area contributed by atoms with Gasteiger partial charge in [-0.2, -0.15) is 11.8 Å². The van der Waals surface area contributed by atoms with E-state index in [1.807, 2.05) is 0 Å². The molecule has 16 heavy (non-hydrogen) atoms. The highest BCUT2D eigenvalue weighted by atomic mass is 32.2. The summed E-state index contributed by atoms with van der Waals surface area (Å²) in [5.41, 5.74) is 6.48. The monoisotopic (exact) mass is 243 g/mol. The van der Waals surface area contributed by atoms with Crippen molar-refractivity contribution in [1.29, 1.82) is 0 Å². The third kappa shape index (κ3) is 2.09. The van der Waals surface area contributed by atoms with Crippen molar-refractivity contribution in [3.63, 3.8) is 0 Å². The molecule has 1 fully saturated rings. The average molecular weight is 243 g/mol. The molecule has 2 atom stereocenters.